The summed E-state index contributed by atoms with van der Waals surface area (Å²) in [5.41, 5.74) is 5.97. The average molecular weight is 117 g/mol. The van der Waals surface area contributed by atoms with Crippen molar-refractivity contribution in [1.29, 1.82) is 0 Å². The first-order chi connectivity index (χ1) is 3.31. The smallest absolute Gasteiger partial charge is 0.0100 e. The lowest BCUT2D eigenvalue weighted by Gasteiger charge is -1.95. The van der Waals surface area contributed by atoms with Crippen LogP contribution in [-0.4, -0.2) is 18.0 Å². The molecule has 0 unspecified atom stereocenters. The van der Waals surface area contributed by atoms with E-state index >= 15 is 0 Å². The molecule has 0 saturated carbocycles. The third-order valence-electron chi connectivity index (χ3n) is 0.745. The number of nitrogens with two attached hydrogens (primary N) is 1. The summed E-state index contributed by atoms with van der Waals surface area (Å²) in [6, 6.07) is 0. The molecule has 0 aromatic heterocycles. The molecular formula is C5H12NP. The van der Waals surface area contributed by atoms with Crippen molar-refractivity contribution in [2.45, 2.75) is 19.5 Å². The molecule has 0 aliphatic carbocycles. The van der Waals surface area contributed by atoms with Crippen molar-refractivity contribution in [3.63, 3.8) is 0 Å². The lowest BCUT2D eigenvalue weighted by Crippen LogP contribution is -2.09. The first-order valence-electron chi connectivity index (χ1n) is 2.49. The Bertz CT molecular complexity index is 61.1. The Morgan fingerprint density at radius 3 is 2.57 bits per heavy atom. The van der Waals surface area contributed by atoms with Crippen LogP contribution in [0.15, 0.2) is 0 Å². The molecule has 1 nitrogen and oxygen atoms in total. The highest BCUT2D eigenvalue weighted by molar-refractivity contribution is 7.39. The van der Waals surface area contributed by atoms with Crippen LogP contribution in [0.25, 0.3) is 0 Å². The van der Waals surface area contributed by atoms with Crippen LogP contribution in [-0.2, 0) is 0 Å². The maximum absolute atomic E-state index is 5.33. The largest absolute Gasteiger partial charge is 0.330 e. The third kappa shape index (κ3) is 3.97. The predicted molar refractivity (Wildman–Crippen MR) is 37.2 cm³/mol. The Balaban J connectivity index is 3.16. The van der Waals surface area contributed by atoms with Crippen molar-refractivity contribution >= 4 is 14.0 Å². The Morgan fingerprint density at radius 2 is 2.43 bits per heavy atom. The fourth-order valence-electron chi connectivity index (χ4n) is 0.315. The van der Waals surface area contributed by atoms with Gasteiger partial charge < -0.3 is 5.73 Å². The molecule has 0 aromatic carbocycles. The molecule has 0 aromatic rings. The fraction of sp³-hybridized carbons (Fsp3) is 0.800. The van der Waals surface area contributed by atoms with Crippen LogP contribution < -0.4 is 5.73 Å². The number of hydrogen-bond donors (Lipinski definition) is 1. The molecule has 2 heteroatoms. The fourth-order valence-corrected chi connectivity index (χ4v) is 0.946. The summed E-state index contributed by atoms with van der Waals surface area (Å²) in [6.07, 6.45) is 0. The molecule has 42 valence electrons. The molecule has 0 amide bonds. The standard InChI is InChI=1S/C5H12NP/c1-3-7-5(2)4-6/h3,5H,4,6H2,1-2H3/t5-/m0/s1. The van der Waals surface area contributed by atoms with E-state index in [-0.39, 0.29) is 0 Å². The van der Waals surface area contributed by atoms with Gasteiger partial charge in [-0.15, -0.1) is 8.20 Å². The van der Waals surface area contributed by atoms with E-state index in [9.17, 15) is 0 Å². The molecule has 0 spiro atoms. The van der Waals surface area contributed by atoms with Gasteiger partial charge in [-0.1, -0.05) is 12.7 Å². The first kappa shape index (κ1) is 7.13. The minimum atomic E-state index is 0.644. The number of hydrogen-bond acceptors (Lipinski definition) is 1. The minimum Gasteiger partial charge on any atom is -0.330 e. The lowest BCUT2D eigenvalue weighted by atomic mass is 10.5. The van der Waals surface area contributed by atoms with Gasteiger partial charge in [0.15, 0.2) is 0 Å². The summed E-state index contributed by atoms with van der Waals surface area (Å²) < 4.78 is 0. The zero-order valence-corrected chi connectivity index (χ0v) is 5.78. The van der Waals surface area contributed by atoms with Crippen LogP contribution in [0.2, 0.25) is 0 Å². The van der Waals surface area contributed by atoms with Crippen LogP contribution in [0.1, 0.15) is 13.8 Å². The zero-order valence-electron chi connectivity index (χ0n) is 4.89. The van der Waals surface area contributed by atoms with E-state index in [1.807, 2.05) is 6.92 Å². The molecule has 2 N–H and O–H groups in total. The molecule has 0 saturated heterocycles. The van der Waals surface area contributed by atoms with E-state index in [1.54, 1.807) is 0 Å². The number of rotatable bonds is 2. The van der Waals surface area contributed by atoms with Crippen molar-refractivity contribution in [3.05, 3.63) is 0 Å². The van der Waals surface area contributed by atoms with E-state index in [4.69, 9.17) is 5.73 Å². The molecule has 0 fully saturated rings. The molecular weight excluding hydrogens is 105 g/mol. The summed E-state index contributed by atoms with van der Waals surface area (Å²) in [6.45, 7) is 4.99. The van der Waals surface area contributed by atoms with Gasteiger partial charge >= 0.3 is 0 Å². The van der Waals surface area contributed by atoms with Gasteiger partial charge in [0.2, 0.25) is 0 Å². The Kier molecular flexibility index (Phi) is 4.37. The molecule has 0 heterocycles. The van der Waals surface area contributed by atoms with Gasteiger partial charge in [0.1, 0.15) is 0 Å². The van der Waals surface area contributed by atoms with E-state index in [0.717, 1.165) is 6.54 Å². The lowest BCUT2D eigenvalue weighted by molar-refractivity contribution is 0.952. The highest BCUT2D eigenvalue weighted by Crippen LogP contribution is 2.02. The van der Waals surface area contributed by atoms with Crippen molar-refractivity contribution in [3.8, 4) is 0 Å². The van der Waals surface area contributed by atoms with Crippen LogP contribution in [0, 0.1) is 0 Å². The Labute approximate surface area is 46.7 Å². The summed E-state index contributed by atoms with van der Waals surface area (Å²) in [7, 11) is 1.36. The Morgan fingerprint density at radius 1 is 1.86 bits per heavy atom. The van der Waals surface area contributed by atoms with Gasteiger partial charge in [0, 0.05) is 12.2 Å². The van der Waals surface area contributed by atoms with Crippen LogP contribution in [0.4, 0.5) is 0 Å². The molecule has 7 heavy (non-hydrogen) atoms. The van der Waals surface area contributed by atoms with Gasteiger partial charge in [-0.2, -0.15) is 0 Å². The van der Waals surface area contributed by atoms with E-state index in [0.29, 0.717) is 5.66 Å². The van der Waals surface area contributed by atoms with Gasteiger partial charge in [0.05, 0.1) is 0 Å². The summed E-state index contributed by atoms with van der Waals surface area (Å²) in [4.78, 5) is 0. The van der Waals surface area contributed by atoms with E-state index in [2.05, 4.69) is 12.7 Å². The molecule has 0 radical (unpaired) electrons. The first-order valence-corrected chi connectivity index (χ1v) is 3.52. The van der Waals surface area contributed by atoms with E-state index in [1.165, 1.54) is 8.20 Å². The topological polar surface area (TPSA) is 26.0 Å². The van der Waals surface area contributed by atoms with Crippen LogP contribution in [0.3, 0.4) is 0 Å². The van der Waals surface area contributed by atoms with Crippen molar-refractivity contribution in [2.24, 2.45) is 5.73 Å². The van der Waals surface area contributed by atoms with Gasteiger partial charge in [-0.05, 0) is 6.92 Å². The second kappa shape index (κ2) is 4.29. The molecule has 0 rings (SSSR count). The van der Waals surface area contributed by atoms with Crippen molar-refractivity contribution in [1.82, 2.24) is 0 Å². The SMILES string of the molecule is CC=P[C@@H](C)CN. The summed E-state index contributed by atoms with van der Waals surface area (Å²) in [5, 5.41) is 0. The highest BCUT2D eigenvalue weighted by atomic mass is 31.1. The summed E-state index contributed by atoms with van der Waals surface area (Å²) >= 11 is 0. The van der Waals surface area contributed by atoms with Crippen molar-refractivity contribution in [2.75, 3.05) is 6.54 Å². The summed E-state index contributed by atoms with van der Waals surface area (Å²) in [5.74, 6) is 2.12. The monoisotopic (exact) mass is 117 g/mol. The second-order valence-corrected chi connectivity index (χ2v) is 3.19. The van der Waals surface area contributed by atoms with Gasteiger partial charge in [0.25, 0.3) is 0 Å². The minimum absolute atomic E-state index is 0.644. The molecule has 0 aliphatic rings. The second-order valence-electron chi connectivity index (χ2n) is 1.49. The normalized spacial score (nSPS) is 15.3. The maximum Gasteiger partial charge on any atom is 0.0100 e. The zero-order chi connectivity index (χ0) is 5.70. The van der Waals surface area contributed by atoms with Crippen LogP contribution >= 0.6 is 8.20 Å². The predicted octanol–water partition coefficient (Wildman–Crippen LogP) is 1.10. The maximum atomic E-state index is 5.33. The highest BCUT2D eigenvalue weighted by Gasteiger charge is 1.87. The molecule has 1 atom stereocenters. The average Bonchev–Trinajstić information content (AvgIpc) is 1.68. The Hall–Kier alpha value is 0.130. The van der Waals surface area contributed by atoms with E-state index < -0.39 is 0 Å². The van der Waals surface area contributed by atoms with Crippen molar-refractivity contribution < 1.29 is 0 Å². The van der Waals surface area contributed by atoms with Crippen LogP contribution in [0.5, 0.6) is 0 Å². The van der Waals surface area contributed by atoms with Gasteiger partial charge in [-0.25, -0.2) is 0 Å². The van der Waals surface area contributed by atoms with Gasteiger partial charge in [-0.3, -0.25) is 0 Å². The molecule has 0 aliphatic heterocycles. The third-order valence-corrected chi connectivity index (χ3v) is 1.76. The molecule has 0 bridgehead atoms. The quantitative estimate of drug-likeness (QED) is 0.538.